The summed E-state index contributed by atoms with van der Waals surface area (Å²) >= 11 is 0. The van der Waals surface area contributed by atoms with Crippen LogP contribution in [-0.2, 0) is 9.59 Å². The first-order valence-electron chi connectivity index (χ1n) is 10.4. The SMILES string of the molecule is CC1CCC(C(=O)NC(C(=O)NC2CCCC(C)C2C)C(C)C)CC1. The zero-order valence-electron chi connectivity index (χ0n) is 16.8. The highest BCUT2D eigenvalue weighted by Crippen LogP contribution is 2.30. The predicted molar refractivity (Wildman–Crippen MR) is 102 cm³/mol. The zero-order chi connectivity index (χ0) is 18.6. The van der Waals surface area contributed by atoms with Gasteiger partial charge in [0.15, 0.2) is 0 Å². The molecule has 0 aliphatic heterocycles. The van der Waals surface area contributed by atoms with E-state index in [1.165, 1.54) is 12.8 Å². The maximum absolute atomic E-state index is 12.8. The largest absolute Gasteiger partial charge is 0.351 e. The van der Waals surface area contributed by atoms with Crippen molar-refractivity contribution in [2.45, 2.75) is 91.6 Å². The molecule has 2 N–H and O–H groups in total. The monoisotopic (exact) mass is 350 g/mol. The van der Waals surface area contributed by atoms with Crippen LogP contribution in [0.1, 0.15) is 79.6 Å². The van der Waals surface area contributed by atoms with Gasteiger partial charge >= 0.3 is 0 Å². The lowest BCUT2D eigenvalue weighted by Crippen LogP contribution is -2.55. The summed E-state index contributed by atoms with van der Waals surface area (Å²) < 4.78 is 0. The van der Waals surface area contributed by atoms with Crippen LogP contribution < -0.4 is 10.6 Å². The number of hydrogen-bond acceptors (Lipinski definition) is 2. The molecule has 0 aromatic carbocycles. The van der Waals surface area contributed by atoms with E-state index in [4.69, 9.17) is 0 Å². The van der Waals surface area contributed by atoms with Crippen LogP contribution in [0, 0.1) is 29.6 Å². The van der Waals surface area contributed by atoms with Gasteiger partial charge in [0.25, 0.3) is 0 Å². The summed E-state index contributed by atoms with van der Waals surface area (Å²) in [4.78, 5) is 25.5. The molecule has 4 unspecified atom stereocenters. The van der Waals surface area contributed by atoms with Gasteiger partial charge in [-0.15, -0.1) is 0 Å². The van der Waals surface area contributed by atoms with Gasteiger partial charge < -0.3 is 10.6 Å². The molecule has 2 amide bonds. The predicted octanol–water partition coefficient (Wildman–Crippen LogP) is 3.89. The van der Waals surface area contributed by atoms with Crippen LogP contribution in [0.3, 0.4) is 0 Å². The Hall–Kier alpha value is -1.06. The van der Waals surface area contributed by atoms with E-state index in [1.807, 2.05) is 13.8 Å². The Morgan fingerprint density at radius 2 is 1.56 bits per heavy atom. The molecule has 2 saturated carbocycles. The van der Waals surface area contributed by atoms with Crippen LogP contribution in [0.15, 0.2) is 0 Å². The Morgan fingerprint density at radius 1 is 0.920 bits per heavy atom. The smallest absolute Gasteiger partial charge is 0.243 e. The van der Waals surface area contributed by atoms with Gasteiger partial charge in [0, 0.05) is 12.0 Å². The quantitative estimate of drug-likeness (QED) is 0.790. The molecule has 2 fully saturated rings. The molecule has 2 aliphatic carbocycles. The van der Waals surface area contributed by atoms with Crippen molar-refractivity contribution < 1.29 is 9.59 Å². The molecule has 0 bridgehead atoms. The van der Waals surface area contributed by atoms with Crippen LogP contribution in [0.4, 0.5) is 0 Å². The third kappa shape index (κ3) is 5.46. The molecule has 0 spiro atoms. The summed E-state index contributed by atoms with van der Waals surface area (Å²) in [5.41, 5.74) is 0. The number of rotatable bonds is 5. The standard InChI is InChI=1S/C21H38N2O2/c1-13(2)19(23-20(24)17-11-9-14(3)10-12-17)21(25)22-18-8-6-7-15(4)16(18)5/h13-19H,6-12H2,1-5H3,(H,22,25)(H,23,24). The summed E-state index contributed by atoms with van der Waals surface area (Å²) in [5.74, 6) is 2.13. The average Bonchev–Trinajstić information content (AvgIpc) is 2.56. The second kappa shape index (κ2) is 9.05. The molecule has 144 valence electrons. The van der Waals surface area contributed by atoms with Gasteiger partial charge in [0.2, 0.25) is 11.8 Å². The van der Waals surface area contributed by atoms with Crippen molar-refractivity contribution >= 4 is 11.8 Å². The highest BCUT2D eigenvalue weighted by Gasteiger charge is 2.33. The van der Waals surface area contributed by atoms with Crippen LogP contribution in [0.5, 0.6) is 0 Å². The first kappa shape index (κ1) is 20.3. The van der Waals surface area contributed by atoms with E-state index in [9.17, 15) is 9.59 Å². The van der Waals surface area contributed by atoms with Crippen LogP contribution in [0.2, 0.25) is 0 Å². The van der Waals surface area contributed by atoms with E-state index in [0.717, 1.165) is 38.0 Å². The second-order valence-corrected chi connectivity index (χ2v) is 9.07. The van der Waals surface area contributed by atoms with Crippen molar-refractivity contribution in [2.75, 3.05) is 0 Å². The molecule has 4 nitrogen and oxygen atoms in total. The third-order valence-corrected chi connectivity index (χ3v) is 6.67. The number of carbonyl (C=O) groups is 2. The van der Waals surface area contributed by atoms with Crippen molar-refractivity contribution in [1.82, 2.24) is 10.6 Å². The van der Waals surface area contributed by atoms with E-state index < -0.39 is 6.04 Å². The lowest BCUT2D eigenvalue weighted by molar-refractivity contribution is -0.133. The maximum Gasteiger partial charge on any atom is 0.243 e. The fourth-order valence-corrected chi connectivity index (χ4v) is 4.39. The van der Waals surface area contributed by atoms with Crippen molar-refractivity contribution in [2.24, 2.45) is 29.6 Å². The van der Waals surface area contributed by atoms with E-state index in [0.29, 0.717) is 11.8 Å². The fraction of sp³-hybridized carbons (Fsp3) is 0.905. The highest BCUT2D eigenvalue weighted by atomic mass is 16.2. The molecule has 2 rings (SSSR count). The summed E-state index contributed by atoms with van der Waals surface area (Å²) in [5, 5.41) is 6.31. The van der Waals surface area contributed by atoms with Crippen molar-refractivity contribution in [1.29, 1.82) is 0 Å². The summed E-state index contributed by atoms with van der Waals surface area (Å²) in [7, 11) is 0. The number of hydrogen-bond donors (Lipinski definition) is 2. The van der Waals surface area contributed by atoms with Crippen molar-refractivity contribution in [3.63, 3.8) is 0 Å². The van der Waals surface area contributed by atoms with Gasteiger partial charge in [-0.3, -0.25) is 9.59 Å². The van der Waals surface area contributed by atoms with Crippen LogP contribution >= 0.6 is 0 Å². The summed E-state index contributed by atoms with van der Waals surface area (Å²) in [6.45, 7) is 10.8. The molecule has 0 saturated heterocycles. The lowest BCUT2D eigenvalue weighted by Gasteiger charge is -2.36. The minimum atomic E-state index is -0.420. The van der Waals surface area contributed by atoms with E-state index in [2.05, 4.69) is 31.4 Å². The fourth-order valence-electron chi connectivity index (χ4n) is 4.39. The number of amides is 2. The van der Waals surface area contributed by atoms with E-state index in [-0.39, 0.29) is 29.7 Å². The third-order valence-electron chi connectivity index (χ3n) is 6.67. The minimum absolute atomic E-state index is 0.00141. The normalized spacial score (nSPS) is 34.4. The molecular weight excluding hydrogens is 312 g/mol. The van der Waals surface area contributed by atoms with Crippen molar-refractivity contribution in [3.8, 4) is 0 Å². The van der Waals surface area contributed by atoms with Gasteiger partial charge in [0.05, 0.1) is 0 Å². The summed E-state index contributed by atoms with van der Waals surface area (Å²) in [6.07, 6.45) is 7.62. The molecule has 0 aromatic rings. The molecule has 4 heteroatoms. The molecular formula is C21H38N2O2. The number of carbonyl (C=O) groups excluding carboxylic acids is 2. The Labute approximate surface area is 153 Å². The van der Waals surface area contributed by atoms with E-state index >= 15 is 0 Å². The van der Waals surface area contributed by atoms with Gasteiger partial charge in [-0.1, -0.05) is 47.5 Å². The first-order chi connectivity index (χ1) is 11.8. The molecule has 25 heavy (non-hydrogen) atoms. The van der Waals surface area contributed by atoms with Gasteiger partial charge in [-0.25, -0.2) is 0 Å². The zero-order valence-corrected chi connectivity index (χ0v) is 16.8. The van der Waals surface area contributed by atoms with E-state index in [1.54, 1.807) is 0 Å². The molecule has 0 heterocycles. The Morgan fingerprint density at radius 3 is 2.16 bits per heavy atom. The van der Waals surface area contributed by atoms with Crippen LogP contribution in [-0.4, -0.2) is 23.9 Å². The summed E-state index contributed by atoms with van der Waals surface area (Å²) in [6, 6.07) is -0.179. The first-order valence-corrected chi connectivity index (χ1v) is 10.4. The maximum atomic E-state index is 12.8. The Balaban J connectivity index is 1.92. The van der Waals surface area contributed by atoms with Gasteiger partial charge in [-0.2, -0.15) is 0 Å². The molecule has 4 atom stereocenters. The second-order valence-electron chi connectivity index (χ2n) is 9.07. The van der Waals surface area contributed by atoms with Gasteiger partial charge in [-0.05, 0) is 55.8 Å². The Kier molecular flexibility index (Phi) is 7.33. The van der Waals surface area contributed by atoms with Gasteiger partial charge in [0.1, 0.15) is 6.04 Å². The van der Waals surface area contributed by atoms with Crippen LogP contribution in [0.25, 0.3) is 0 Å². The molecule has 2 aliphatic rings. The highest BCUT2D eigenvalue weighted by molar-refractivity contribution is 5.88. The molecule has 0 radical (unpaired) electrons. The lowest BCUT2D eigenvalue weighted by atomic mass is 9.78. The van der Waals surface area contributed by atoms with Crippen molar-refractivity contribution in [3.05, 3.63) is 0 Å². The minimum Gasteiger partial charge on any atom is -0.351 e. The Bertz CT molecular complexity index is 455. The topological polar surface area (TPSA) is 58.2 Å². The average molecular weight is 351 g/mol. The molecule has 0 aromatic heterocycles. The number of nitrogens with one attached hydrogen (secondary N) is 2.